The minimum Gasteiger partial charge on any atom is -0.212 e. The van der Waals surface area contributed by atoms with E-state index < -0.39 is 10.0 Å². The molecular formula is C7H13NO2S. The van der Waals surface area contributed by atoms with E-state index in [-0.39, 0.29) is 5.75 Å². The van der Waals surface area contributed by atoms with Gasteiger partial charge in [0.2, 0.25) is 10.0 Å². The van der Waals surface area contributed by atoms with E-state index in [2.05, 4.69) is 6.58 Å². The first-order valence-corrected chi connectivity index (χ1v) is 5.36. The van der Waals surface area contributed by atoms with Crippen LogP contribution >= 0.6 is 0 Å². The van der Waals surface area contributed by atoms with Gasteiger partial charge in [-0.2, -0.15) is 0 Å². The summed E-state index contributed by atoms with van der Waals surface area (Å²) < 4.78 is 24.1. The second kappa shape index (κ2) is 3.36. The highest BCUT2D eigenvalue weighted by atomic mass is 32.2. The highest BCUT2D eigenvalue weighted by Crippen LogP contribution is 2.12. The lowest BCUT2D eigenvalue weighted by Gasteiger charge is -2.12. The summed E-state index contributed by atoms with van der Waals surface area (Å²) in [6.07, 6.45) is 3.43. The van der Waals surface area contributed by atoms with Crippen LogP contribution in [0.5, 0.6) is 0 Å². The molecule has 0 aromatic carbocycles. The molecule has 0 unspecified atom stereocenters. The van der Waals surface area contributed by atoms with Crippen molar-refractivity contribution in [2.24, 2.45) is 0 Å². The van der Waals surface area contributed by atoms with Gasteiger partial charge >= 0.3 is 0 Å². The lowest BCUT2D eigenvalue weighted by Crippen LogP contribution is -2.29. The summed E-state index contributed by atoms with van der Waals surface area (Å²) >= 11 is 0. The van der Waals surface area contributed by atoms with Crippen molar-refractivity contribution in [1.29, 1.82) is 0 Å². The molecule has 4 heteroatoms. The van der Waals surface area contributed by atoms with Crippen LogP contribution in [-0.4, -0.2) is 31.6 Å². The Morgan fingerprint density at radius 1 is 1.36 bits per heavy atom. The van der Waals surface area contributed by atoms with Crippen LogP contribution in [0, 0.1) is 0 Å². The normalized spacial score (nSPS) is 20.4. The fourth-order valence-corrected chi connectivity index (χ4v) is 2.54. The lowest BCUT2D eigenvalue weighted by molar-refractivity contribution is 0.480. The molecule has 3 nitrogen and oxygen atoms in total. The molecule has 1 fully saturated rings. The monoisotopic (exact) mass is 175 g/mol. The second-order valence-corrected chi connectivity index (χ2v) is 4.69. The Labute approximate surface area is 67.8 Å². The summed E-state index contributed by atoms with van der Waals surface area (Å²) in [5.74, 6) is 0.0764. The molecule has 0 spiro atoms. The summed E-state index contributed by atoms with van der Waals surface area (Å²) in [6, 6.07) is 0. The smallest absolute Gasteiger partial charge is 0.212 e. The van der Waals surface area contributed by atoms with Gasteiger partial charge in [0.15, 0.2) is 0 Å². The Balaban J connectivity index is 2.63. The lowest BCUT2D eigenvalue weighted by atomic mass is 10.4. The SMILES string of the molecule is C=CCS(=O)(=O)N1CCCC1. The van der Waals surface area contributed by atoms with Crippen molar-refractivity contribution in [3.63, 3.8) is 0 Å². The molecule has 64 valence electrons. The second-order valence-electron chi connectivity index (χ2n) is 2.67. The highest BCUT2D eigenvalue weighted by Gasteiger charge is 2.23. The van der Waals surface area contributed by atoms with Gasteiger partial charge in [0.25, 0.3) is 0 Å². The molecule has 0 N–H and O–H groups in total. The zero-order valence-corrected chi connectivity index (χ0v) is 7.31. The standard InChI is InChI=1S/C7H13NO2S/c1-2-7-11(9,10)8-5-3-4-6-8/h2H,1,3-7H2. The van der Waals surface area contributed by atoms with E-state index in [1.54, 1.807) is 0 Å². The molecule has 11 heavy (non-hydrogen) atoms. The van der Waals surface area contributed by atoms with Crippen molar-refractivity contribution in [3.05, 3.63) is 12.7 Å². The minimum atomic E-state index is -2.99. The van der Waals surface area contributed by atoms with Crippen LogP contribution in [0.4, 0.5) is 0 Å². The topological polar surface area (TPSA) is 37.4 Å². The molecule has 1 aliphatic rings. The largest absolute Gasteiger partial charge is 0.217 e. The number of hydrogen-bond acceptors (Lipinski definition) is 2. The first-order chi connectivity index (χ1) is 5.17. The fraction of sp³-hybridized carbons (Fsp3) is 0.714. The number of sulfonamides is 1. The highest BCUT2D eigenvalue weighted by molar-refractivity contribution is 7.89. The zero-order valence-electron chi connectivity index (χ0n) is 6.49. The molecule has 0 radical (unpaired) electrons. The Hall–Kier alpha value is -0.350. The van der Waals surface area contributed by atoms with Crippen molar-refractivity contribution >= 4 is 10.0 Å². The third-order valence-corrected chi connectivity index (χ3v) is 3.60. The van der Waals surface area contributed by atoms with E-state index in [0.717, 1.165) is 12.8 Å². The van der Waals surface area contributed by atoms with Crippen molar-refractivity contribution in [3.8, 4) is 0 Å². The minimum absolute atomic E-state index is 0.0764. The summed E-state index contributed by atoms with van der Waals surface area (Å²) in [5.41, 5.74) is 0. The molecule has 0 saturated carbocycles. The van der Waals surface area contributed by atoms with Crippen molar-refractivity contribution in [1.82, 2.24) is 4.31 Å². The van der Waals surface area contributed by atoms with E-state index in [1.165, 1.54) is 10.4 Å². The Morgan fingerprint density at radius 3 is 2.36 bits per heavy atom. The van der Waals surface area contributed by atoms with Crippen molar-refractivity contribution in [2.75, 3.05) is 18.8 Å². The van der Waals surface area contributed by atoms with Gasteiger partial charge in [-0.1, -0.05) is 6.08 Å². The van der Waals surface area contributed by atoms with Gasteiger partial charge < -0.3 is 0 Å². The van der Waals surface area contributed by atoms with Crippen molar-refractivity contribution < 1.29 is 8.42 Å². The third kappa shape index (κ3) is 2.04. The predicted molar refractivity (Wildman–Crippen MR) is 44.8 cm³/mol. The maximum atomic E-state index is 11.3. The summed E-state index contributed by atoms with van der Waals surface area (Å²) in [5, 5.41) is 0. The summed E-state index contributed by atoms with van der Waals surface area (Å²) in [4.78, 5) is 0. The van der Waals surface area contributed by atoms with Crippen LogP contribution in [0.2, 0.25) is 0 Å². The Morgan fingerprint density at radius 2 is 1.91 bits per heavy atom. The van der Waals surface area contributed by atoms with Gasteiger partial charge in [-0.25, -0.2) is 12.7 Å². The molecule has 1 saturated heterocycles. The molecule has 0 aliphatic carbocycles. The molecule has 1 heterocycles. The predicted octanol–water partition coefficient (Wildman–Crippen LogP) is 0.598. The molecule has 1 rings (SSSR count). The molecule has 0 aromatic rings. The number of rotatable bonds is 3. The average Bonchev–Trinajstić information content (AvgIpc) is 2.37. The average molecular weight is 175 g/mol. The van der Waals surface area contributed by atoms with E-state index in [1.807, 2.05) is 0 Å². The number of hydrogen-bond donors (Lipinski definition) is 0. The summed E-state index contributed by atoms with van der Waals surface area (Å²) in [6.45, 7) is 4.79. The van der Waals surface area contributed by atoms with Crippen molar-refractivity contribution in [2.45, 2.75) is 12.8 Å². The van der Waals surface area contributed by atoms with Gasteiger partial charge in [-0.3, -0.25) is 0 Å². The fourth-order valence-electron chi connectivity index (χ4n) is 1.22. The van der Waals surface area contributed by atoms with Crippen LogP contribution in [0.15, 0.2) is 12.7 Å². The van der Waals surface area contributed by atoms with Gasteiger partial charge in [0.1, 0.15) is 0 Å². The van der Waals surface area contributed by atoms with Crippen LogP contribution in [0.1, 0.15) is 12.8 Å². The molecule has 0 amide bonds. The van der Waals surface area contributed by atoms with Gasteiger partial charge in [0.05, 0.1) is 5.75 Å². The first-order valence-electron chi connectivity index (χ1n) is 3.75. The molecule has 0 aromatic heterocycles. The zero-order chi connectivity index (χ0) is 8.32. The Kier molecular flexibility index (Phi) is 2.67. The quantitative estimate of drug-likeness (QED) is 0.589. The van der Waals surface area contributed by atoms with Gasteiger partial charge in [-0.15, -0.1) is 6.58 Å². The van der Waals surface area contributed by atoms with E-state index >= 15 is 0 Å². The molecule has 0 atom stereocenters. The summed E-state index contributed by atoms with van der Waals surface area (Å²) in [7, 11) is -2.99. The molecule has 1 aliphatic heterocycles. The number of nitrogens with zero attached hydrogens (tertiary/aromatic N) is 1. The van der Waals surface area contributed by atoms with E-state index in [0.29, 0.717) is 13.1 Å². The van der Waals surface area contributed by atoms with Crippen LogP contribution in [0.25, 0.3) is 0 Å². The van der Waals surface area contributed by atoms with Crippen LogP contribution in [0.3, 0.4) is 0 Å². The maximum absolute atomic E-state index is 11.3. The van der Waals surface area contributed by atoms with Crippen LogP contribution < -0.4 is 0 Å². The van der Waals surface area contributed by atoms with Crippen LogP contribution in [-0.2, 0) is 10.0 Å². The first kappa shape index (κ1) is 8.74. The molecular weight excluding hydrogens is 162 g/mol. The van der Waals surface area contributed by atoms with E-state index in [4.69, 9.17) is 0 Å². The van der Waals surface area contributed by atoms with Gasteiger partial charge in [0, 0.05) is 13.1 Å². The maximum Gasteiger partial charge on any atom is 0.217 e. The van der Waals surface area contributed by atoms with Gasteiger partial charge in [-0.05, 0) is 12.8 Å². The molecule has 0 bridgehead atoms. The van der Waals surface area contributed by atoms with E-state index in [9.17, 15) is 8.42 Å². The third-order valence-electron chi connectivity index (χ3n) is 1.79. The Bertz CT molecular complexity index is 227.